The average molecular weight is 462 g/mol. The molecule has 6 nitrogen and oxygen atoms in total. The van der Waals surface area contributed by atoms with Crippen molar-refractivity contribution in [2.75, 3.05) is 13.2 Å². The Bertz CT molecular complexity index is 867. The van der Waals surface area contributed by atoms with E-state index in [0.29, 0.717) is 34.7 Å². The van der Waals surface area contributed by atoms with E-state index in [1.165, 1.54) is 6.08 Å². The van der Waals surface area contributed by atoms with Crippen molar-refractivity contribution in [3.8, 4) is 11.5 Å². The van der Waals surface area contributed by atoms with Gasteiger partial charge < -0.3 is 19.9 Å². The number of carbonyl (C=O) groups excluding carboxylic acids is 1. The SMILES string of the molecule is CCOc1cc(/C=C/C(=O)NC(Cc2ccccc2)C(=O)O)cc(Br)c1OCC. The summed E-state index contributed by atoms with van der Waals surface area (Å²) in [5.74, 6) is -0.407. The molecule has 0 heterocycles. The highest BCUT2D eigenvalue weighted by Gasteiger charge is 2.19. The first-order valence-electron chi connectivity index (χ1n) is 9.29. The Labute approximate surface area is 178 Å². The fourth-order valence-electron chi connectivity index (χ4n) is 2.67. The van der Waals surface area contributed by atoms with E-state index in [4.69, 9.17) is 9.47 Å². The van der Waals surface area contributed by atoms with Crippen molar-refractivity contribution < 1.29 is 24.2 Å². The molecule has 0 spiro atoms. The van der Waals surface area contributed by atoms with E-state index < -0.39 is 17.9 Å². The molecule has 0 saturated heterocycles. The van der Waals surface area contributed by atoms with Crippen LogP contribution >= 0.6 is 15.9 Å². The van der Waals surface area contributed by atoms with Crippen molar-refractivity contribution >= 4 is 33.9 Å². The van der Waals surface area contributed by atoms with E-state index in [-0.39, 0.29) is 6.42 Å². The zero-order chi connectivity index (χ0) is 21.2. The number of aliphatic carboxylic acids is 1. The van der Waals surface area contributed by atoms with Gasteiger partial charge in [-0.15, -0.1) is 0 Å². The number of carboxylic acid groups (broad SMARTS) is 1. The van der Waals surface area contributed by atoms with Crippen LogP contribution in [-0.4, -0.2) is 36.2 Å². The lowest BCUT2D eigenvalue weighted by atomic mass is 10.1. The van der Waals surface area contributed by atoms with Crippen molar-refractivity contribution in [2.45, 2.75) is 26.3 Å². The topological polar surface area (TPSA) is 84.9 Å². The summed E-state index contributed by atoms with van der Waals surface area (Å²) in [6.07, 6.45) is 3.11. The zero-order valence-corrected chi connectivity index (χ0v) is 17.9. The first-order valence-corrected chi connectivity index (χ1v) is 10.1. The molecule has 154 valence electrons. The van der Waals surface area contributed by atoms with Gasteiger partial charge in [-0.05, 0) is 59.1 Å². The van der Waals surface area contributed by atoms with Crippen LogP contribution in [0.3, 0.4) is 0 Å². The van der Waals surface area contributed by atoms with Crippen molar-refractivity contribution in [1.29, 1.82) is 0 Å². The molecule has 0 bridgehead atoms. The molecule has 1 atom stereocenters. The summed E-state index contributed by atoms with van der Waals surface area (Å²) in [6, 6.07) is 11.7. The number of hydrogen-bond acceptors (Lipinski definition) is 4. The van der Waals surface area contributed by atoms with Gasteiger partial charge in [0.25, 0.3) is 0 Å². The molecule has 0 radical (unpaired) electrons. The van der Waals surface area contributed by atoms with Crippen molar-refractivity contribution in [3.63, 3.8) is 0 Å². The number of benzene rings is 2. The van der Waals surface area contributed by atoms with E-state index in [0.717, 1.165) is 5.56 Å². The summed E-state index contributed by atoms with van der Waals surface area (Å²) >= 11 is 3.46. The number of rotatable bonds is 10. The van der Waals surface area contributed by atoms with E-state index >= 15 is 0 Å². The van der Waals surface area contributed by atoms with Crippen LogP contribution in [0, 0.1) is 0 Å². The van der Waals surface area contributed by atoms with Crippen LogP contribution in [0.1, 0.15) is 25.0 Å². The smallest absolute Gasteiger partial charge is 0.326 e. The van der Waals surface area contributed by atoms with Gasteiger partial charge in [0.1, 0.15) is 6.04 Å². The maximum atomic E-state index is 12.3. The van der Waals surface area contributed by atoms with Crippen LogP contribution in [0.15, 0.2) is 53.0 Å². The lowest BCUT2D eigenvalue weighted by Gasteiger charge is -2.14. The second-order valence-electron chi connectivity index (χ2n) is 6.12. The predicted octanol–water partition coefficient (Wildman–Crippen LogP) is 4.07. The Hall–Kier alpha value is -2.80. The summed E-state index contributed by atoms with van der Waals surface area (Å²) in [4.78, 5) is 23.8. The van der Waals surface area contributed by atoms with E-state index in [1.54, 1.807) is 18.2 Å². The van der Waals surface area contributed by atoms with E-state index in [1.807, 2.05) is 44.2 Å². The number of halogens is 1. The molecule has 0 aliphatic heterocycles. The van der Waals surface area contributed by atoms with Crippen LogP contribution in [0.4, 0.5) is 0 Å². The largest absolute Gasteiger partial charge is 0.490 e. The molecule has 1 amide bonds. The number of hydrogen-bond donors (Lipinski definition) is 2. The molecule has 0 aliphatic rings. The lowest BCUT2D eigenvalue weighted by molar-refractivity contribution is -0.141. The first kappa shape index (κ1) is 22.5. The molecular formula is C22H24BrNO5. The molecular weight excluding hydrogens is 438 g/mol. The number of carbonyl (C=O) groups is 2. The van der Waals surface area contributed by atoms with Gasteiger partial charge in [-0.3, -0.25) is 4.79 Å². The normalized spacial score (nSPS) is 11.8. The Morgan fingerprint density at radius 3 is 2.45 bits per heavy atom. The predicted molar refractivity (Wildman–Crippen MR) is 115 cm³/mol. The minimum atomic E-state index is -1.09. The molecule has 0 fully saturated rings. The highest BCUT2D eigenvalue weighted by Crippen LogP contribution is 2.37. The molecule has 2 rings (SSSR count). The standard InChI is InChI=1S/C22H24BrNO5/c1-3-28-19-14-16(12-17(23)21(19)29-4-2)10-11-20(25)24-18(22(26)27)13-15-8-6-5-7-9-15/h5-12,14,18H,3-4,13H2,1-2H3,(H,24,25)(H,26,27)/b11-10+. The van der Waals surface area contributed by atoms with Crippen molar-refractivity contribution in [1.82, 2.24) is 5.32 Å². The van der Waals surface area contributed by atoms with Gasteiger partial charge in [0.2, 0.25) is 5.91 Å². The lowest BCUT2D eigenvalue weighted by Crippen LogP contribution is -2.41. The van der Waals surface area contributed by atoms with E-state index in [9.17, 15) is 14.7 Å². The summed E-state index contributed by atoms with van der Waals surface area (Å²) in [7, 11) is 0. The number of ether oxygens (including phenoxy) is 2. The molecule has 0 aliphatic carbocycles. The Balaban J connectivity index is 2.11. The minimum absolute atomic E-state index is 0.207. The zero-order valence-electron chi connectivity index (χ0n) is 16.4. The van der Waals surface area contributed by atoms with Gasteiger partial charge in [-0.25, -0.2) is 4.79 Å². The molecule has 1 unspecified atom stereocenters. The highest BCUT2D eigenvalue weighted by molar-refractivity contribution is 9.10. The molecule has 7 heteroatoms. The highest BCUT2D eigenvalue weighted by atomic mass is 79.9. The quantitative estimate of drug-likeness (QED) is 0.520. The third-order valence-electron chi connectivity index (χ3n) is 3.94. The van der Waals surface area contributed by atoms with Crippen molar-refractivity contribution in [2.24, 2.45) is 0 Å². The summed E-state index contributed by atoms with van der Waals surface area (Å²) in [5, 5.41) is 11.9. The van der Waals surface area contributed by atoms with Gasteiger partial charge in [-0.2, -0.15) is 0 Å². The average Bonchev–Trinajstić information content (AvgIpc) is 2.69. The number of nitrogens with one attached hydrogen (secondary N) is 1. The van der Waals surface area contributed by atoms with Crippen LogP contribution in [0.2, 0.25) is 0 Å². The fourth-order valence-corrected chi connectivity index (χ4v) is 3.25. The van der Waals surface area contributed by atoms with Gasteiger partial charge in [0.05, 0.1) is 17.7 Å². The van der Waals surface area contributed by atoms with Crippen LogP contribution in [-0.2, 0) is 16.0 Å². The maximum absolute atomic E-state index is 12.3. The van der Waals surface area contributed by atoms with Crippen LogP contribution in [0.5, 0.6) is 11.5 Å². The third-order valence-corrected chi connectivity index (χ3v) is 4.53. The first-order chi connectivity index (χ1) is 13.9. The van der Waals surface area contributed by atoms with Gasteiger partial charge in [-0.1, -0.05) is 30.3 Å². The molecule has 29 heavy (non-hydrogen) atoms. The summed E-state index contributed by atoms with van der Waals surface area (Å²) in [5.41, 5.74) is 1.55. The Kier molecular flexibility index (Phi) is 8.73. The number of carboxylic acids is 1. The third kappa shape index (κ3) is 6.94. The van der Waals surface area contributed by atoms with E-state index in [2.05, 4.69) is 21.2 Å². The second-order valence-corrected chi connectivity index (χ2v) is 6.97. The second kappa shape index (κ2) is 11.3. The summed E-state index contributed by atoms with van der Waals surface area (Å²) < 4.78 is 11.9. The van der Waals surface area contributed by atoms with Gasteiger partial charge in [0, 0.05) is 12.5 Å². The van der Waals surface area contributed by atoms with Crippen LogP contribution in [0.25, 0.3) is 6.08 Å². The van der Waals surface area contributed by atoms with Gasteiger partial charge >= 0.3 is 5.97 Å². The molecule has 2 aromatic carbocycles. The maximum Gasteiger partial charge on any atom is 0.326 e. The van der Waals surface area contributed by atoms with Crippen LogP contribution < -0.4 is 14.8 Å². The summed E-state index contributed by atoms with van der Waals surface area (Å²) in [6.45, 7) is 4.72. The Morgan fingerprint density at radius 1 is 1.14 bits per heavy atom. The fraction of sp³-hybridized carbons (Fsp3) is 0.273. The monoisotopic (exact) mass is 461 g/mol. The minimum Gasteiger partial charge on any atom is -0.490 e. The molecule has 0 aromatic heterocycles. The van der Waals surface area contributed by atoms with Gasteiger partial charge in [0.15, 0.2) is 11.5 Å². The number of amides is 1. The Morgan fingerprint density at radius 2 is 1.83 bits per heavy atom. The van der Waals surface area contributed by atoms with Crippen molar-refractivity contribution in [3.05, 3.63) is 64.1 Å². The molecule has 0 saturated carbocycles. The molecule has 2 aromatic rings. The molecule has 2 N–H and O–H groups in total.